The third kappa shape index (κ3) is 1.13. The molecule has 12 heavy (non-hydrogen) atoms. The molecule has 2 aromatic rings. The largest absolute Gasteiger partial charge is 0.766 e. The van der Waals surface area contributed by atoms with Crippen molar-refractivity contribution >= 4 is 22.1 Å². The van der Waals surface area contributed by atoms with Crippen LogP contribution in [0, 0.1) is 0 Å². The quantitative estimate of drug-likeness (QED) is 0.661. The molecule has 0 saturated carbocycles. The number of benzene rings is 1. The van der Waals surface area contributed by atoms with E-state index in [9.17, 15) is 8.76 Å². The minimum absolute atomic E-state index is 0.0174. The number of fused-ring (bicyclic) bond motifs is 1. The molecular formula is C7H5N2O2S-. The van der Waals surface area contributed by atoms with Gasteiger partial charge in [-0.25, -0.2) is 4.98 Å². The van der Waals surface area contributed by atoms with Gasteiger partial charge in [0.05, 0.1) is 11.0 Å². The SMILES string of the molecule is O=S([O-])c1nc2ccccc2[nH]1. The van der Waals surface area contributed by atoms with Gasteiger partial charge in [0.1, 0.15) is 0 Å². The van der Waals surface area contributed by atoms with Crippen LogP contribution in [0.15, 0.2) is 29.4 Å². The van der Waals surface area contributed by atoms with Crippen LogP contribution in [0.5, 0.6) is 0 Å². The van der Waals surface area contributed by atoms with E-state index in [2.05, 4.69) is 9.97 Å². The molecular weight excluding hydrogens is 176 g/mol. The molecule has 4 nitrogen and oxygen atoms in total. The van der Waals surface area contributed by atoms with Crippen molar-refractivity contribution in [3.8, 4) is 0 Å². The first-order chi connectivity index (χ1) is 5.77. The molecule has 1 aromatic carbocycles. The lowest BCUT2D eigenvalue weighted by Gasteiger charge is -1.96. The van der Waals surface area contributed by atoms with Crippen LogP contribution in [-0.4, -0.2) is 18.7 Å². The van der Waals surface area contributed by atoms with Crippen molar-refractivity contribution < 1.29 is 8.76 Å². The maximum absolute atomic E-state index is 10.5. The Morgan fingerprint density at radius 1 is 1.42 bits per heavy atom. The van der Waals surface area contributed by atoms with Crippen molar-refractivity contribution in [1.82, 2.24) is 9.97 Å². The van der Waals surface area contributed by atoms with Gasteiger partial charge >= 0.3 is 0 Å². The van der Waals surface area contributed by atoms with Crippen LogP contribution >= 0.6 is 0 Å². The first-order valence-electron chi connectivity index (χ1n) is 3.31. The molecule has 1 heterocycles. The molecule has 0 bridgehead atoms. The molecule has 0 radical (unpaired) electrons. The van der Waals surface area contributed by atoms with Crippen LogP contribution in [0.1, 0.15) is 0 Å². The molecule has 2 rings (SSSR count). The Balaban J connectivity index is 2.70. The number of para-hydroxylation sites is 2. The minimum atomic E-state index is -2.28. The van der Waals surface area contributed by atoms with Crippen molar-refractivity contribution in [3.63, 3.8) is 0 Å². The van der Waals surface area contributed by atoms with E-state index in [1.165, 1.54) is 0 Å². The smallest absolute Gasteiger partial charge is 0.183 e. The highest BCUT2D eigenvalue weighted by Gasteiger charge is 2.00. The van der Waals surface area contributed by atoms with Crippen LogP contribution in [-0.2, 0) is 11.1 Å². The molecule has 1 N–H and O–H groups in total. The summed E-state index contributed by atoms with van der Waals surface area (Å²) >= 11 is -2.28. The van der Waals surface area contributed by atoms with Crippen molar-refractivity contribution in [3.05, 3.63) is 24.3 Å². The first kappa shape index (κ1) is 7.45. The van der Waals surface area contributed by atoms with Gasteiger partial charge in [-0.1, -0.05) is 12.1 Å². The van der Waals surface area contributed by atoms with Gasteiger partial charge in [0, 0.05) is 11.1 Å². The highest BCUT2D eigenvalue weighted by molar-refractivity contribution is 7.79. The molecule has 0 amide bonds. The van der Waals surface area contributed by atoms with Crippen LogP contribution in [0.25, 0.3) is 11.0 Å². The summed E-state index contributed by atoms with van der Waals surface area (Å²) in [5.41, 5.74) is 1.40. The predicted octanol–water partition coefficient (Wildman–Crippen LogP) is 0.801. The minimum Gasteiger partial charge on any atom is -0.766 e. The topological polar surface area (TPSA) is 68.8 Å². The second-order valence-electron chi connectivity index (χ2n) is 2.29. The number of H-pyrrole nitrogens is 1. The van der Waals surface area contributed by atoms with Crippen LogP contribution in [0.3, 0.4) is 0 Å². The average Bonchev–Trinajstić information content (AvgIpc) is 2.46. The summed E-state index contributed by atoms with van der Waals surface area (Å²) in [4.78, 5) is 6.52. The van der Waals surface area contributed by atoms with Crippen molar-refractivity contribution in [2.24, 2.45) is 0 Å². The summed E-state index contributed by atoms with van der Waals surface area (Å²) in [5.74, 6) is 0. The van der Waals surface area contributed by atoms with Crippen LogP contribution in [0.2, 0.25) is 0 Å². The Bertz CT molecular complexity index is 405. The van der Waals surface area contributed by atoms with Crippen molar-refractivity contribution in [1.29, 1.82) is 0 Å². The fourth-order valence-corrected chi connectivity index (χ4v) is 1.37. The molecule has 1 atom stereocenters. The third-order valence-corrected chi connectivity index (χ3v) is 2.03. The van der Waals surface area contributed by atoms with E-state index in [4.69, 9.17) is 0 Å². The van der Waals surface area contributed by atoms with Gasteiger partial charge in [0.15, 0.2) is 5.16 Å². The van der Waals surface area contributed by atoms with Gasteiger partial charge < -0.3 is 9.54 Å². The molecule has 1 unspecified atom stereocenters. The summed E-state index contributed by atoms with van der Waals surface area (Å²) in [6.45, 7) is 0. The van der Waals surface area contributed by atoms with Crippen LogP contribution < -0.4 is 0 Å². The Hall–Kier alpha value is -1.20. The number of aromatic nitrogens is 2. The first-order valence-corrected chi connectivity index (χ1v) is 4.39. The lowest BCUT2D eigenvalue weighted by atomic mass is 10.3. The molecule has 1 aromatic heterocycles. The number of aromatic amines is 1. The van der Waals surface area contributed by atoms with E-state index in [0.29, 0.717) is 5.52 Å². The summed E-state index contributed by atoms with van der Waals surface area (Å²) in [5, 5.41) is -0.0174. The van der Waals surface area contributed by atoms with Gasteiger partial charge in [0.25, 0.3) is 0 Å². The van der Waals surface area contributed by atoms with E-state index in [-0.39, 0.29) is 5.16 Å². The molecule has 0 spiro atoms. The fourth-order valence-electron chi connectivity index (χ4n) is 1.01. The standard InChI is InChI=1S/C7H6N2O2S/c10-12(11)7-8-5-3-1-2-4-6(5)9-7/h1-4H,(H,8,9)(H,10,11)/p-1. The van der Waals surface area contributed by atoms with E-state index in [1.54, 1.807) is 18.2 Å². The summed E-state index contributed by atoms with van der Waals surface area (Å²) in [6, 6.07) is 7.15. The Morgan fingerprint density at radius 3 is 2.83 bits per heavy atom. The second-order valence-corrected chi connectivity index (χ2v) is 3.15. The Kier molecular flexibility index (Phi) is 1.67. The van der Waals surface area contributed by atoms with Gasteiger partial charge in [-0.05, 0) is 12.1 Å². The Morgan fingerprint density at radius 2 is 2.17 bits per heavy atom. The molecule has 5 heteroatoms. The van der Waals surface area contributed by atoms with E-state index < -0.39 is 11.1 Å². The molecule has 0 saturated heterocycles. The van der Waals surface area contributed by atoms with Gasteiger partial charge in [-0.3, -0.25) is 4.21 Å². The van der Waals surface area contributed by atoms with E-state index in [1.807, 2.05) is 6.07 Å². The maximum atomic E-state index is 10.5. The summed E-state index contributed by atoms with van der Waals surface area (Å²) in [7, 11) is 0. The maximum Gasteiger partial charge on any atom is 0.183 e. The zero-order valence-corrected chi connectivity index (χ0v) is 6.80. The number of nitrogens with zero attached hydrogens (tertiary/aromatic N) is 1. The van der Waals surface area contributed by atoms with Crippen molar-refractivity contribution in [2.45, 2.75) is 5.16 Å². The molecule has 0 fully saturated rings. The summed E-state index contributed by atoms with van der Waals surface area (Å²) < 4.78 is 21.0. The van der Waals surface area contributed by atoms with Crippen LogP contribution in [0.4, 0.5) is 0 Å². The van der Waals surface area contributed by atoms with Gasteiger partial charge in [-0.15, -0.1) is 0 Å². The van der Waals surface area contributed by atoms with Gasteiger partial charge in [0.2, 0.25) is 0 Å². The monoisotopic (exact) mass is 181 g/mol. The van der Waals surface area contributed by atoms with Crippen molar-refractivity contribution in [2.75, 3.05) is 0 Å². The lowest BCUT2D eigenvalue weighted by molar-refractivity contribution is 0.530. The zero-order chi connectivity index (χ0) is 8.55. The fraction of sp³-hybridized carbons (Fsp3) is 0. The molecule has 0 aliphatic rings. The second kappa shape index (κ2) is 2.69. The number of hydrogen-bond acceptors (Lipinski definition) is 3. The number of rotatable bonds is 1. The normalized spacial score (nSPS) is 13.4. The number of imidazole rings is 1. The predicted molar refractivity (Wildman–Crippen MR) is 43.3 cm³/mol. The highest BCUT2D eigenvalue weighted by atomic mass is 32.2. The average molecular weight is 181 g/mol. The molecule has 62 valence electrons. The molecule has 0 aliphatic carbocycles. The lowest BCUT2D eigenvalue weighted by Crippen LogP contribution is -1.89. The number of hydrogen-bond donors (Lipinski definition) is 1. The summed E-state index contributed by atoms with van der Waals surface area (Å²) in [6.07, 6.45) is 0. The van der Waals surface area contributed by atoms with E-state index >= 15 is 0 Å². The van der Waals surface area contributed by atoms with E-state index in [0.717, 1.165) is 5.52 Å². The third-order valence-electron chi connectivity index (χ3n) is 1.53. The number of nitrogens with one attached hydrogen (secondary N) is 1. The molecule has 0 aliphatic heterocycles. The van der Waals surface area contributed by atoms with Gasteiger partial charge in [-0.2, -0.15) is 0 Å². The zero-order valence-electron chi connectivity index (χ0n) is 5.98. The Labute approximate surface area is 70.9 Å². The highest BCUT2D eigenvalue weighted by Crippen LogP contribution is 2.11.